The van der Waals surface area contributed by atoms with Crippen LogP contribution in [0.2, 0.25) is 0 Å². The molecule has 0 atom stereocenters. The molecule has 0 spiro atoms. The van der Waals surface area contributed by atoms with Gasteiger partial charge in [-0.1, -0.05) is 42.5 Å². The lowest BCUT2D eigenvalue weighted by Gasteiger charge is -2.09. The highest BCUT2D eigenvalue weighted by Crippen LogP contribution is 2.12. The highest BCUT2D eigenvalue weighted by molar-refractivity contribution is 5.76. The normalized spacial score (nSPS) is 10.5. The molecule has 4 heteroatoms. The van der Waals surface area contributed by atoms with Gasteiger partial charge in [-0.2, -0.15) is 0 Å². The number of nitrogens with zero attached hydrogens (tertiary/aromatic N) is 2. The number of imidazole rings is 1. The van der Waals surface area contributed by atoms with Gasteiger partial charge >= 0.3 is 0 Å². The molecule has 2 aromatic carbocycles. The van der Waals surface area contributed by atoms with Crippen molar-refractivity contribution in [3.63, 3.8) is 0 Å². The van der Waals surface area contributed by atoms with Gasteiger partial charge in [0, 0.05) is 31.0 Å². The van der Waals surface area contributed by atoms with Crippen LogP contribution in [0.3, 0.4) is 0 Å². The van der Waals surface area contributed by atoms with Gasteiger partial charge < -0.3 is 9.88 Å². The van der Waals surface area contributed by atoms with Crippen molar-refractivity contribution in [2.45, 2.75) is 26.3 Å². The molecule has 24 heavy (non-hydrogen) atoms. The van der Waals surface area contributed by atoms with Crippen molar-refractivity contribution in [3.8, 4) is 5.69 Å². The number of benzene rings is 2. The number of nitrogens with one attached hydrogen (secondary N) is 1. The number of rotatable bonds is 6. The Morgan fingerprint density at radius 1 is 1.08 bits per heavy atom. The lowest BCUT2D eigenvalue weighted by molar-refractivity contribution is -0.121. The minimum Gasteiger partial charge on any atom is -0.352 e. The molecular weight excluding hydrogens is 298 g/mol. The molecule has 1 aromatic heterocycles. The summed E-state index contributed by atoms with van der Waals surface area (Å²) < 4.78 is 2.03. The number of aromatic nitrogens is 2. The second kappa shape index (κ2) is 7.59. The molecule has 0 aliphatic carbocycles. The minimum absolute atomic E-state index is 0.0723. The van der Waals surface area contributed by atoms with E-state index in [1.807, 2.05) is 66.2 Å². The van der Waals surface area contributed by atoms with Crippen molar-refractivity contribution in [2.75, 3.05) is 0 Å². The van der Waals surface area contributed by atoms with Crippen molar-refractivity contribution in [1.29, 1.82) is 0 Å². The van der Waals surface area contributed by atoms with Gasteiger partial charge in [-0.25, -0.2) is 4.98 Å². The van der Waals surface area contributed by atoms with Gasteiger partial charge in [0.05, 0.1) is 0 Å². The van der Waals surface area contributed by atoms with Crippen molar-refractivity contribution in [1.82, 2.24) is 14.9 Å². The van der Waals surface area contributed by atoms with Crippen LogP contribution in [0, 0.1) is 6.92 Å². The van der Waals surface area contributed by atoms with Crippen LogP contribution in [0.15, 0.2) is 67.0 Å². The summed E-state index contributed by atoms with van der Waals surface area (Å²) in [5, 5.41) is 2.99. The van der Waals surface area contributed by atoms with Gasteiger partial charge in [-0.3, -0.25) is 4.79 Å². The number of hydrogen-bond donors (Lipinski definition) is 1. The van der Waals surface area contributed by atoms with Crippen molar-refractivity contribution in [2.24, 2.45) is 0 Å². The van der Waals surface area contributed by atoms with Crippen LogP contribution in [-0.4, -0.2) is 15.5 Å². The summed E-state index contributed by atoms with van der Waals surface area (Å²) in [7, 11) is 0. The summed E-state index contributed by atoms with van der Waals surface area (Å²) >= 11 is 0. The molecule has 0 aliphatic heterocycles. The fourth-order valence-corrected chi connectivity index (χ4v) is 2.66. The van der Waals surface area contributed by atoms with E-state index in [4.69, 9.17) is 0 Å². The third-order valence-corrected chi connectivity index (χ3v) is 3.99. The molecule has 122 valence electrons. The molecule has 4 nitrogen and oxygen atoms in total. The Hall–Kier alpha value is -2.88. The van der Waals surface area contributed by atoms with E-state index in [0.29, 0.717) is 13.0 Å². The van der Waals surface area contributed by atoms with E-state index in [9.17, 15) is 4.79 Å². The smallest absolute Gasteiger partial charge is 0.220 e. The maximum atomic E-state index is 12.0. The first-order chi connectivity index (χ1) is 11.7. The van der Waals surface area contributed by atoms with E-state index in [1.165, 1.54) is 5.56 Å². The highest BCUT2D eigenvalue weighted by atomic mass is 16.1. The average molecular weight is 319 g/mol. The molecule has 0 radical (unpaired) electrons. The molecule has 0 bridgehead atoms. The van der Waals surface area contributed by atoms with Crippen molar-refractivity contribution in [3.05, 3.63) is 83.9 Å². The van der Waals surface area contributed by atoms with E-state index in [1.54, 1.807) is 6.20 Å². The molecule has 0 saturated carbocycles. The Labute approximate surface area is 142 Å². The molecule has 1 amide bonds. The van der Waals surface area contributed by atoms with E-state index in [2.05, 4.69) is 16.4 Å². The fourth-order valence-electron chi connectivity index (χ4n) is 2.66. The highest BCUT2D eigenvalue weighted by Gasteiger charge is 2.04. The zero-order valence-electron chi connectivity index (χ0n) is 13.8. The van der Waals surface area contributed by atoms with Crippen LogP contribution in [0.1, 0.15) is 23.4 Å². The second-order valence-corrected chi connectivity index (χ2v) is 5.78. The molecule has 1 N–H and O–H groups in total. The first-order valence-electron chi connectivity index (χ1n) is 8.12. The SMILES string of the molecule is Cc1nccn1-c1cccc(CNC(=O)CCc2ccccc2)c1. The van der Waals surface area contributed by atoms with E-state index < -0.39 is 0 Å². The molecular formula is C20H21N3O. The Kier molecular flexibility index (Phi) is 5.06. The Morgan fingerprint density at radius 2 is 1.88 bits per heavy atom. The molecule has 0 saturated heterocycles. The third kappa shape index (κ3) is 4.10. The topological polar surface area (TPSA) is 46.9 Å². The maximum absolute atomic E-state index is 12.0. The van der Waals surface area contributed by atoms with Crippen molar-refractivity contribution < 1.29 is 4.79 Å². The molecule has 0 fully saturated rings. The van der Waals surface area contributed by atoms with Gasteiger partial charge in [0.25, 0.3) is 0 Å². The van der Waals surface area contributed by atoms with Gasteiger partial charge in [-0.05, 0) is 36.6 Å². The summed E-state index contributed by atoms with van der Waals surface area (Å²) in [4.78, 5) is 16.3. The Morgan fingerprint density at radius 3 is 2.62 bits per heavy atom. The predicted octanol–water partition coefficient (Wildman–Crippen LogP) is 3.43. The predicted molar refractivity (Wildman–Crippen MR) is 94.9 cm³/mol. The van der Waals surface area contributed by atoms with Crippen LogP contribution >= 0.6 is 0 Å². The summed E-state index contributed by atoms with van der Waals surface area (Å²) in [6.07, 6.45) is 4.99. The number of aryl methyl sites for hydroxylation is 2. The monoisotopic (exact) mass is 319 g/mol. The lowest BCUT2D eigenvalue weighted by Crippen LogP contribution is -2.23. The third-order valence-electron chi connectivity index (χ3n) is 3.99. The summed E-state index contributed by atoms with van der Waals surface area (Å²) in [6.45, 7) is 2.51. The summed E-state index contributed by atoms with van der Waals surface area (Å²) in [5.41, 5.74) is 3.32. The summed E-state index contributed by atoms with van der Waals surface area (Å²) in [6, 6.07) is 18.2. The van der Waals surface area contributed by atoms with E-state index in [-0.39, 0.29) is 5.91 Å². The largest absolute Gasteiger partial charge is 0.352 e. The zero-order valence-corrected chi connectivity index (χ0v) is 13.8. The average Bonchev–Trinajstić information content (AvgIpc) is 3.05. The van der Waals surface area contributed by atoms with Gasteiger partial charge in [-0.15, -0.1) is 0 Å². The van der Waals surface area contributed by atoms with Crippen LogP contribution in [-0.2, 0) is 17.8 Å². The van der Waals surface area contributed by atoms with Crippen molar-refractivity contribution >= 4 is 5.91 Å². The molecule has 0 unspecified atom stereocenters. The second-order valence-electron chi connectivity index (χ2n) is 5.78. The quantitative estimate of drug-likeness (QED) is 0.756. The lowest BCUT2D eigenvalue weighted by atomic mass is 10.1. The van der Waals surface area contributed by atoms with Gasteiger partial charge in [0.2, 0.25) is 5.91 Å². The standard InChI is InChI=1S/C20H21N3O/c1-16-21-12-13-23(16)19-9-5-8-18(14-19)15-22-20(24)11-10-17-6-3-2-4-7-17/h2-9,12-14H,10-11,15H2,1H3,(H,22,24). The first-order valence-corrected chi connectivity index (χ1v) is 8.12. The summed E-state index contributed by atoms with van der Waals surface area (Å²) in [5.74, 6) is 1.02. The molecule has 3 rings (SSSR count). The molecule has 3 aromatic rings. The number of amides is 1. The van der Waals surface area contributed by atoms with Gasteiger partial charge in [0.15, 0.2) is 0 Å². The zero-order chi connectivity index (χ0) is 16.8. The Bertz CT molecular complexity index is 809. The minimum atomic E-state index is 0.0723. The first kappa shape index (κ1) is 16.0. The van der Waals surface area contributed by atoms with E-state index in [0.717, 1.165) is 23.5 Å². The van der Waals surface area contributed by atoms with Crippen LogP contribution < -0.4 is 5.32 Å². The fraction of sp³-hybridized carbons (Fsp3) is 0.200. The van der Waals surface area contributed by atoms with Crippen LogP contribution in [0.4, 0.5) is 0 Å². The molecule has 1 heterocycles. The number of carbonyl (C=O) groups is 1. The van der Waals surface area contributed by atoms with Gasteiger partial charge in [0.1, 0.15) is 5.82 Å². The Balaban J connectivity index is 1.55. The number of hydrogen-bond acceptors (Lipinski definition) is 2. The maximum Gasteiger partial charge on any atom is 0.220 e. The van der Waals surface area contributed by atoms with Crippen LogP contribution in [0.25, 0.3) is 5.69 Å². The molecule has 0 aliphatic rings. The van der Waals surface area contributed by atoms with E-state index >= 15 is 0 Å². The number of carbonyl (C=O) groups excluding carboxylic acids is 1. The van der Waals surface area contributed by atoms with Crippen LogP contribution in [0.5, 0.6) is 0 Å².